The lowest BCUT2D eigenvalue weighted by molar-refractivity contribution is -0.379. The predicted molar refractivity (Wildman–Crippen MR) is 433 cm³/mol. The number of hydrogen-bond acceptors (Lipinski definition) is 18. The predicted octanol–water partition coefficient (Wildman–Crippen LogP) is 15.2. The smallest absolute Gasteiger partial charge is 0.220 e. The van der Waals surface area contributed by atoms with Crippen LogP contribution in [0, 0.1) is 0 Å². The number of carbonyl (C=O) groups is 1. The van der Waals surface area contributed by atoms with Crippen molar-refractivity contribution in [3.05, 3.63) is 134 Å². The number of aliphatic hydroxyl groups is 11. The molecule has 3 aliphatic rings. The highest BCUT2D eigenvalue weighted by atomic mass is 16.8. The first-order valence-corrected chi connectivity index (χ1v) is 42.4. The van der Waals surface area contributed by atoms with Gasteiger partial charge in [-0.05, 0) is 96.3 Å². The van der Waals surface area contributed by atoms with Gasteiger partial charge in [-0.3, -0.25) is 4.79 Å². The van der Waals surface area contributed by atoms with Crippen LogP contribution in [0.25, 0.3) is 0 Å². The maximum atomic E-state index is 13.5. The molecule has 620 valence electrons. The zero-order chi connectivity index (χ0) is 78.1. The number of hydrogen-bond donors (Lipinski definition) is 12. The van der Waals surface area contributed by atoms with E-state index in [0.717, 1.165) is 116 Å². The van der Waals surface area contributed by atoms with Crippen LogP contribution in [0.3, 0.4) is 0 Å². The van der Waals surface area contributed by atoms with Gasteiger partial charge in [0.25, 0.3) is 0 Å². The molecule has 12 N–H and O–H groups in total. The quantitative estimate of drug-likeness (QED) is 0.0199. The number of rotatable bonds is 66. The second-order valence-corrected chi connectivity index (χ2v) is 29.6. The molecule has 19 heteroatoms. The summed E-state index contributed by atoms with van der Waals surface area (Å²) in [5.41, 5.74) is 0. The molecular weight excluding hydrogens is 1370 g/mol. The minimum atomic E-state index is -1.99. The Hall–Kier alpha value is -4.07. The third-order valence-corrected chi connectivity index (χ3v) is 20.2. The van der Waals surface area contributed by atoms with Crippen LogP contribution in [0.5, 0.6) is 0 Å². The second-order valence-electron chi connectivity index (χ2n) is 29.6. The summed E-state index contributed by atoms with van der Waals surface area (Å²) in [7, 11) is 0. The van der Waals surface area contributed by atoms with E-state index in [1.54, 1.807) is 6.08 Å². The Labute approximate surface area is 651 Å². The monoisotopic (exact) mass is 1520 g/mol. The highest BCUT2D eigenvalue weighted by Crippen LogP contribution is 2.33. The first-order valence-electron chi connectivity index (χ1n) is 42.4. The minimum Gasteiger partial charge on any atom is -0.394 e. The number of unbranched alkanes of at least 4 members (excludes halogenated alkanes) is 30. The SMILES string of the molecule is CC/C=C\C/C=C\C/C=C\C/C=C\C/C=C\C/C=C\C/C=C\C/C=C\C/C=C\C/C=C\CCCCCCC(=O)NC(COC1OC(CO)C(OC2OC(CO)C(OC3OC(CO)C(O)C(O)C3O)C(O)C2O)C(O)C1O)C(O)/C=C/CCCCCCCCCCCCCCCCCCCCCCCCCCCC. The summed E-state index contributed by atoms with van der Waals surface area (Å²) in [6.45, 7) is 1.62. The maximum absolute atomic E-state index is 13.5. The van der Waals surface area contributed by atoms with E-state index in [-0.39, 0.29) is 18.9 Å². The molecular formula is C89H151NO18. The number of aliphatic hydroxyl groups excluding tert-OH is 11. The van der Waals surface area contributed by atoms with Gasteiger partial charge in [0.15, 0.2) is 18.9 Å². The molecule has 0 aromatic heterocycles. The summed E-state index contributed by atoms with van der Waals surface area (Å²) in [6, 6.07) is -1.000. The topological polar surface area (TPSA) is 307 Å². The third kappa shape index (κ3) is 46.2. The molecule has 0 radical (unpaired) electrons. The zero-order valence-electron chi connectivity index (χ0n) is 66.5. The number of nitrogens with one attached hydrogen (secondary N) is 1. The fourth-order valence-corrected chi connectivity index (χ4v) is 13.5. The maximum Gasteiger partial charge on any atom is 0.220 e. The third-order valence-electron chi connectivity index (χ3n) is 20.2. The van der Waals surface area contributed by atoms with E-state index in [0.29, 0.717) is 6.42 Å². The molecule has 0 spiro atoms. The lowest BCUT2D eigenvalue weighted by Crippen LogP contribution is -2.66. The molecule has 108 heavy (non-hydrogen) atoms. The minimum absolute atomic E-state index is 0.205. The van der Waals surface area contributed by atoms with Crippen molar-refractivity contribution in [1.82, 2.24) is 5.32 Å². The van der Waals surface area contributed by atoms with Gasteiger partial charge in [0.05, 0.1) is 38.6 Å². The molecule has 3 fully saturated rings. The van der Waals surface area contributed by atoms with Crippen molar-refractivity contribution >= 4 is 5.91 Å². The van der Waals surface area contributed by atoms with Crippen molar-refractivity contribution < 1.29 is 89.4 Å². The highest BCUT2D eigenvalue weighted by Gasteiger charge is 2.54. The molecule has 19 nitrogen and oxygen atoms in total. The summed E-state index contributed by atoms with van der Waals surface area (Å²) in [4.78, 5) is 13.5. The largest absolute Gasteiger partial charge is 0.394 e. The van der Waals surface area contributed by atoms with Crippen LogP contribution in [0.1, 0.15) is 290 Å². The summed E-state index contributed by atoms with van der Waals surface area (Å²) in [5.74, 6) is -0.302. The van der Waals surface area contributed by atoms with Gasteiger partial charge in [-0.2, -0.15) is 0 Å². The highest BCUT2D eigenvalue weighted by molar-refractivity contribution is 5.76. The summed E-state index contributed by atoms with van der Waals surface area (Å²) >= 11 is 0. The zero-order valence-corrected chi connectivity index (χ0v) is 66.5. The fraction of sp³-hybridized carbons (Fsp3) is 0.742. The van der Waals surface area contributed by atoms with Crippen molar-refractivity contribution in [3.63, 3.8) is 0 Å². The Morgan fingerprint density at radius 3 is 1.00 bits per heavy atom. The normalized spacial score (nSPS) is 26.1. The molecule has 3 saturated heterocycles. The van der Waals surface area contributed by atoms with E-state index in [1.807, 2.05) is 6.08 Å². The molecule has 3 aliphatic heterocycles. The van der Waals surface area contributed by atoms with Crippen molar-refractivity contribution in [2.45, 2.75) is 394 Å². The standard InChI is InChI=1S/C89H151NO18/c1-3-5-7-9-11-13-15-17-19-21-23-25-27-29-31-33-34-35-36-37-38-39-41-43-45-47-49-51-53-55-57-59-61-63-65-67-77(95)90-72(73(94)66-64-62-60-58-56-54-52-50-48-46-44-42-40-32-30-28-26-24-22-20-18-16-14-12-10-8-6-4-2)71-103-87-83(101)80(98)85(75(69-92)105-87)108-89-84(102)81(99)86(76(70-93)106-89)107-88-82(100)79(97)78(96)74(68-91)104-88/h5,7,11,13,17,19,23,25,29,31,34-35,37-38,41,43,47,49,53,55,64,66,72-76,78-89,91-94,96-102H,3-4,6,8-10,12,14-16,18,20-22,24,26-28,30,32-33,36,39-40,42,44-46,48,50-52,54,56-63,65,67-71H2,1-2H3,(H,90,95)/b7-5-,13-11-,19-17-,25-23-,31-29-,35-34-,38-37-,43-41-,49-47-,55-53-,66-64+. The van der Waals surface area contributed by atoms with Gasteiger partial charge in [0.1, 0.15) is 73.2 Å². The van der Waals surface area contributed by atoms with E-state index in [1.165, 1.54) is 148 Å². The van der Waals surface area contributed by atoms with Crippen molar-refractivity contribution in [2.24, 2.45) is 0 Å². The molecule has 3 heterocycles. The van der Waals surface area contributed by atoms with Crippen LogP contribution in [-0.4, -0.2) is 193 Å². The van der Waals surface area contributed by atoms with Crippen molar-refractivity contribution in [3.8, 4) is 0 Å². The van der Waals surface area contributed by atoms with Gasteiger partial charge < -0.3 is 89.9 Å². The molecule has 17 atom stereocenters. The van der Waals surface area contributed by atoms with E-state index in [2.05, 4.69) is 141 Å². The fourth-order valence-electron chi connectivity index (χ4n) is 13.5. The van der Waals surface area contributed by atoms with Crippen LogP contribution in [0.4, 0.5) is 0 Å². The van der Waals surface area contributed by atoms with Crippen LogP contribution in [0.2, 0.25) is 0 Å². The Morgan fingerprint density at radius 1 is 0.343 bits per heavy atom. The number of allylic oxidation sites excluding steroid dienone is 21. The summed E-state index contributed by atoms with van der Waals surface area (Å²) in [5, 5.41) is 121. The first kappa shape index (κ1) is 98.1. The van der Waals surface area contributed by atoms with Gasteiger partial charge in [-0.25, -0.2) is 0 Å². The molecule has 0 aliphatic carbocycles. The van der Waals surface area contributed by atoms with Crippen molar-refractivity contribution in [2.75, 3.05) is 26.4 Å². The van der Waals surface area contributed by atoms with Crippen molar-refractivity contribution in [1.29, 1.82) is 0 Å². The van der Waals surface area contributed by atoms with Crippen LogP contribution < -0.4 is 5.32 Å². The molecule has 0 aromatic rings. The average molecular weight is 1520 g/mol. The Balaban J connectivity index is 1.38. The molecule has 17 unspecified atom stereocenters. The molecule has 0 saturated carbocycles. The van der Waals surface area contributed by atoms with Crippen LogP contribution in [0.15, 0.2) is 134 Å². The summed E-state index contributed by atoms with van der Waals surface area (Å²) < 4.78 is 34.5. The average Bonchev–Trinajstić information content (AvgIpc) is 0.774. The van der Waals surface area contributed by atoms with Crippen LogP contribution >= 0.6 is 0 Å². The van der Waals surface area contributed by atoms with Gasteiger partial charge in [-0.15, -0.1) is 0 Å². The number of carbonyl (C=O) groups excluding carboxylic acids is 1. The Kier molecular flexibility index (Phi) is 61.3. The number of amides is 1. The molecule has 0 aromatic carbocycles. The van der Waals surface area contributed by atoms with Crippen LogP contribution in [-0.2, 0) is 33.2 Å². The molecule has 3 rings (SSSR count). The first-order chi connectivity index (χ1) is 52.8. The second kappa shape index (κ2) is 67.4. The van der Waals surface area contributed by atoms with E-state index in [9.17, 15) is 61.0 Å². The van der Waals surface area contributed by atoms with E-state index < -0.39 is 124 Å². The van der Waals surface area contributed by atoms with Gasteiger partial charge in [0, 0.05) is 6.42 Å². The van der Waals surface area contributed by atoms with Gasteiger partial charge in [-0.1, -0.05) is 321 Å². The Morgan fingerprint density at radius 2 is 0.639 bits per heavy atom. The lowest BCUT2D eigenvalue weighted by atomic mass is 9.96. The molecule has 0 bridgehead atoms. The van der Waals surface area contributed by atoms with Gasteiger partial charge >= 0.3 is 0 Å². The van der Waals surface area contributed by atoms with Gasteiger partial charge in [0.2, 0.25) is 5.91 Å². The summed E-state index contributed by atoms with van der Waals surface area (Å²) in [6.07, 6.45) is 70.0. The Bertz CT molecular complexity index is 2470. The lowest BCUT2D eigenvalue weighted by Gasteiger charge is -2.48. The number of ether oxygens (including phenoxy) is 6. The van der Waals surface area contributed by atoms with E-state index >= 15 is 0 Å². The van der Waals surface area contributed by atoms with E-state index in [4.69, 9.17) is 28.4 Å². The molecule has 1 amide bonds.